The van der Waals surface area contributed by atoms with Gasteiger partial charge in [0.15, 0.2) is 5.75 Å². The second-order valence-electron chi connectivity index (χ2n) is 9.05. The maximum absolute atomic E-state index is 12.1. The second kappa shape index (κ2) is 10.2. The molecule has 0 bridgehead atoms. The number of fused-ring (bicyclic) bond motifs is 1. The van der Waals surface area contributed by atoms with Crippen LogP contribution in [0.4, 0.5) is 5.69 Å². The van der Waals surface area contributed by atoms with Crippen LogP contribution in [0.3, 0.4) is 0 Å². The molecule has 0 unspecified atom stereocenters. The largest absolute Gasteiger partial charge is 0.489 e. The Kier molecular flexibility index (Phi) is 7.42. The number of alkyl halides is 1. The zero-order chi connectivity index (χ0) is 26.1. The molecule has 0 atom stereocenters. The number of nitriles is 1. The molecule has 0 N–H and O–H groups in total. The minimum absolute atomic E-state index is 0.264. The summed E-state index contributed by atoms with van der Waals surface area (Å²) in [6, 6.07) is 19.4. The number of hydrogen-bond acceptors (Lipinski definition) is 5. The highest BCUT2D eigenvalue weighted by molar-refractivity contribution is 7.92. The van der Waals surface area contributed by atoms with Gasteiger partial charge in [-0.2, -0.15) is 5.26 Å². The number of hydrogen-bond donors (Lipinski definition) is 0. The van der Waals surface area contributed by atoms with Crippen LogP contribution in [0.1, 0.15) is 30.5 Å². The van der Waals surface area contributed by atoms with Gasteiger partial charge in [0.1, 0.15) is 25.0 Å². The first-order chi connectivity index (χ1) is 17.1. The lowest BCUT2D eigenvalue weighted by molar-refractivity contribution is 0.316. The summed E-state index contributed by atoms with van der Waals surface area (Å²) in [5.74, 6) is 1.19. The summed E-state index contributed by atoms with van der Waals surface area (Å²) in [4.78, 5) is 0. The Bertz CT molecular complexity index is 1430. The number of ether oxygens (including phenoxy) is 2. The molecule has 6 nitrogen and oxygen atoms in total. The summed E-state index contributed by atoms with van der Waals surface area (Å²) >= 11 is 12.2. The Morgan fingerprint density at radius 1 is 1.08 bits per heavy atom. The van der Waals surface area contributed by atoms with Crippen molar-refractivity contribution in [3.05, 3.63) is 76.3 Å². The van der Waals surface area contributed by atoms with Crippen molar-refractivity contribution in [3.8, 4) is 28.7 Å². The summed E-state index contributed by atoms with van der Waals surface area (Å²) in [5, 5.41) is 10.0. The van der Waals surface area contributed by atoms with Gasteiger partial charge in [0.05, 0.1) is 35.0 Å². The quantitative estimate of drug-likeness (QED) is 0.342. The number of benzene rings is 3. The molecule has 4 rings (SSSR count). The lowest BCUT2D eigenvalue weighted by atomic mass is 9.77. The lowest BCUT2D eigenvalue weighted by Gasteiger charge is -2.29. The number of sulfonamides is 1. The van der Waals surface area contributed by atoms with Gasteiger partial charge in [0.2, 0.25) is 10.0 Å². The van der Waals surface area contributed by atoms with E-state index in [1.807, 2.05) is 42.5 Å². The summed E-state index contributed by atoms with van der Waals surface area (Å²) in [7, 11) is -3.37. The van der Waals surface area contributed by atoms with Crippen LogP contribution in [0, 0.1) is 11.3 Å². The number of nitrogens with zero attached hydrogens (tertiary/aromatic N) is 2. The van der Waals surface area contributed by atoms with Gasteiger partial charge in [-0.3, -0.25) is 4.31 Å². The first-order valence-corrected chi connectivity index (χ1v) is 14.1. The molecule has 1 aliphatic rings. The van der Waals surface area contributed by atoms with Crippen LogP contribution in [0.25, 0.3) is 11.1 Å². The molecule has 1 aliphatic heterocycles. The highest BCUT2D eigenvalue weighted by Gasteiger charge is 2.27. The molecule has 0 saturated heterocycles. The Morgan fingerprint density at radius 3 is 2.42 bits per heavy atom. The van der Waals surface area contributed by atoms with Crippen LogP contribution < -0.4 is 13.8 Å². The van der Waals surface area contributed by atoms with E-state index in [1.165, 1.54) is 10.6 Å². The van der Waals surface area contributed by atoms with Gasteiger partial charge in [0, 0.05) is 5.41 Å². The predicted octanol–water partition coefficient (Wildman–Crippen LogP) is 5.98. The smallest absolute Gasteiger partial charge is 0.232 e. The van der Waals surface area contributed by atoms with Crippen molar-refractivity contribution < 1.29 is 17.9 Å². The van der Waals surface area contributed by atoms with E-state index in [9.17, 15) is 13.7 Å². The third-order valence-corrected chi connectivity index (χ3v) is 7.94. The average Bonchev–Trinajstić information content (AvgIpc) is 2.86. The summed E-state index contributed by atoms with van der Waals surface area (Å²) < 4.78 is 36.9. The summed E-state index contributed by atoms with van der Waals surface area (Å²) in [6.45, 7) is 5.01. The lowest BCUT2D eigenvalue weighted by Crippen LogP contribution is -2.37. The van der Waals surface area contributed by atoms with Gasteiger partial charge in [-0.1, -0.05) is 55.8 Å². The zero-order valence-electron chi connectivity index (χ0n) is 20.2. The molecule has 0 aromatic heterocycles. The maximum Gasteiger partial charge on any atom is 0.232 e. The van der Waals surface area contributed by atoms with Gasteiger partial charge in [-0.15, -0.1) is 11.6 Å². The van der Waals surface area contributed by atoms with Gasteiger partial charge in [0.25, 0.3) is 0 Å². The fourth-order valence-corrected chi connectivity index (χ4v) is 5.55. The van der Waals surface area contributed by atoms with E-state index in [1.54, 1.807) is 12.1 Å². The highest BCUT2D eigenvalue weighted by Crippen LogP contribution is 2.40. The van der Waals surface area contributed by atoms with Crippen LogP contribution in [0.2, 0.25) is 5.02 Å². The molecule has 0 fully saturated rings. The molecule has 1 heterocycles. The van der Waals surface area contributed by atoms with E-state index in [4.69, 9.17) is 32.7 Å². The van der Waals surface area contributed by atoms with E-state index >= 15 is 0 Å². The topological polar surface area (TPSA) is 79.6 Å². The summed E-state index contributed by atoms with van der Waals surface area (Å²) in [5.41, 5.74) is 4.30. The Labute approximate surface area is 222 Å². The van der Waals surface area contributed by atoms with E-state index < -0.39 is 15.4 Å². The normalized spacial score (nSPS) is 13.5. The molecule has 36 heavy (non-hydrogen) atoms. The Morgan fingerprint density at radius 2 is 1.78 bits per heavy atom. The Hall–Kier alpha value is -2.92. The third kappa shape index (κ3) is 5.12. The van der Waals surface area contributed by atoms with Gasteiger partial charge in [-0.05, 0) is 46.5 Å². The van der Waals surface area contributed by atoms with Gasteiger partial charge < -0.3 is 9.47 Å². The zero-order valence-corrected chi connectivity index (χ0v) is 22.5. The van der Waals surface area contributed by atoms with E-state index in [0.717, 1.165) is 22.3 Å². The first-order valence-electron chi connectivity index (χ1n) is 11.3. The fourth-order valence-electron chi connectivity index (χ4n) is 4.29. The van der Waals surface area contributed by atoms with E-state index in [0.29, 0.717) is 46.8 Å². The van der Waals surface area contributed by atoms with Crippen molar-refractivity contribution in [2.75, 3.05) is 36.2 Å². The maximum atomic E-state index is 12.1. The molecule has 0 spiro atoms. The predicted molar refractivity (Wildman–Crippen MR) is 144 cm³/mol. The molecule has 188 valence electrons. The molecule has 3 aromatic carbocycles. The molecule has 9 heteroatoms. The van der Waals surface area contributed by atoms with Crippen molar-refractivity contribution in [3.63, 3.8) is 0 Å². The van der Waals surface area contributed by atoms with E-state index in [-0.39, 0.29) is 6.61 Å². The van der Waals surface area contributed by atoms with Crippen LogP contribution in [-0.4, -0.2) is 40.3 Å². The number of rotatable bonds is 7. The number of anilines is 1. The first kappa shape index (κ1) is 26.2. The monoisotopic (exact) mass is 544 g/mol. The standard InChI is InChI=1S/C27H26Cl2N2O4S/c1-27(2,22-14-20(17-30)26(23(29)16-22)35-12-10-28)21-7-4-18(5-8-21)19-6-9-24-25(15-19)34-13-11-31(24)36(3,32)33/h4-9,14-16H,10-13H2,1-3H3. The molecule has 0 radical (unpaired) electrons. The second-order valence-corrected chi connectivity index (χ2v) is 11.7. The van der Waals surface area contributed by atoms with Crippen molar-refractivity contribution in [1.29, 1.82) is 5.26 Å². The van der Waals surface area contributed by atoms with Crippen LogP contribution in [-0.2, 0) is 15.4 Å². The molecule has 0 amide bonds. The van der Waals surface area contributed by atoms with Crippen molar-refractivity contribution >= 4 is 38.9 Å². The fraction of sp³-hybridized carbons (Fsp3) is 0.296. The van der Waals surface area contributed by atoms with Gasteiger partial charge >= 0.3 is 0 Å². The minimum atomic E-state index is -3.37. The highest BCUT2D eigenvalue weighted by atomic mass is 35.5. The van der Waals surface area contributed by atoms with Crippen molar-refractivity contribution in [2.24, 2.45) is 0 Å². The van der Waals surface area contributed by atoms with Crippen molar-refractivity contribution in [1.82, 2.24) is 0 Å². The molecule has 0 saturated carbocycles. The van der Waals surface area contributed by atoms with Crippen molar-refractivity contribution in [2.45, 2.75) is 19.3 Å². The molecular formula is C27H26Cl2N2O4S. The SMILES string of the molecule is CC(C)(c1ccc(-c2ccc3c(c2)OCCN3S(C)(=O)=O)cc1)c1cc(Cl)c(OCCCl)c(C#N)c1. The van der Waals surface area contributed by atoms with E-state index in [2.05, 4.69) is 19.9 Å². The average molecular weight is 545 g/mol. The minimum Gasteiger partial charge on any atom is -0.489 e. The van der Waals surface area contributed by atoms with Crippen LogP contribution in [0.5, 0.6) is 11.5 Å². The van der Waals surface area contributed by atoms with Crippen LogP contribution >= 0.6 is 23.2 Å². The molecule has 0 aliphatic carbocycles. The molecular weight excluding hydrogens is 519 g/mol. The Balaban J connectivity index is 1.64. The third-order valence-electron chi connectivity index (χ3n) is 6.33. The van der Waals surface area contributed by atoms with Gasteiger partial charge in [-0.25, -0.2) is 8.42 Å². The van der Waals surface area contributed by atoms with Crippen LogP contribution in [0.15, 0.2) is 54.6 Å². The summed E-state index contributed by atoms with van der Waals surface area (Å²) in [6.07, 6.45) is 1.20. The number of halogens is 2. The molecule has 3 aromatic rings.